The van der Waals surface area contributed by atoms with E-state index in [4.69, 9.17) is 28.9 Å². The SMILES string of the molecule is CCN(Cc1cc(Cl)cc(Cl)c1)C1CCCC1CN. The van der Waals surface area contributed by atoms with E-state index >= 15 is 0 Å². The van der Waals surface area contributed by atoms with Gasteiger partial charge in [0.2, 0.25) is 0 Å². The second-order valence-corrected chi connectivity index (χ2v) is 6.21. The summed E-state index contributed by atoms with van der Waals surface area (Å²) in [6.07, 6.45) is 3.80. The van der Waals surface area contributed by atoms with Crippen LogP contribution in [-0.4, -0.2) is 24.0 Å². The minimum atomic E-state index is 0.604. The van der Waals surface area contributed by atoms with Crippen LogP contribution in [0.1, 0.15) is 31.7 Å². The molecule has 2 unspecified atom stereocenters. The highest BCUT2D eigenvalue weighted by molar-refractivity contribution is 6.34. The summed E-state index contributed by atoms with van der Waals surface area (Å²) >= 11 is 12.1. The summed E-state index contributed by atoms with van der Waals surface area (Å²) in [5.74, 6) is 0.634. The fourth-order valence-electron chi connectivity index (χ4n) is 3.17. The number of hydrogen-bond acceptors (Lipinski definition) is 2. The summed E-state index contributed by atoms with van der Waals surface area (Å²) in [5.41, 5.74) is 7.07. The second kappa shape index (κ2) is 6.94. The number of benzene rings is 1. The van der Waals surface area contributed by atoms with Gasteiger partial charge >= 0.3 is 0 Å². The van der Waals surface area contributed by atoms with Gasteiger partial charge in [0.25, 0.3) is 0 Å². The van der Waals surface area contributed by atoms with Crippen LogP contribution < -0.4 is 5.73 Å². The first-order chi connectivity index (χ1) is 9.13. The highest BCUT2D eigenvalue weighted by Crippen LogP contribution is 2.30. The summed E-state index contributed by atoms with van der Waals surface area (Å²) in [5, 5.41) is 1.42. The molecule has 0 aliphatic heterocycles. The Labute approximate surface area is 125 Å². The lowest BCUT2D eigenvalue weighted by Crippen LogP contribution is -2.39. The van der Waals surface area contributed by atoms with Crippen molar-refractivity contribution in [3.63, 3.8) is 0 Å². The minimum Gasteiger partial charge on any atom is -0.330 e. The van der Waals surface area contributed by atoms with Gasteiger partial charge < -0.3 is 5.73 Å². The smallest absolute Gasteiger partial charge is 0.0424 e. The van der Waals surface area contributed by atoms with E-state index in [-0.39, 0.29) is 0 Å². The maximum atomic E-state index is 6.07. The first-order valence-electron chi connectivity index (χ1n) is 7.03. The molecule has 0 radical (unpaired) electrons. The van der Waals surface area contributed by atoms with Crippen LogP contribution in [-0.2, 0) is 6.54 Å². The molecule has 19 heavy (non-hydrogen) atoms. The Balaban J connectivity index is 2.10. The molecule has 2 rings (SSSR count). The van der Waals surface area contributed by atoms with Crippen molar-refractivity contribution in [2.24, 2.45) is 11.7 Å². The van der Waals surface area contributed by atoms with Gasteiger partial charge in [-0.15, -0.1) is 0 Å². The van der Waals surface area contributed by atoms with E-state index in [0.29, 0.717) is 22.0 Å². The number of halogens is 2. The monoisotopic (exact) mass is 300 g/mol. The van der Waals surface area contributed by atoms with E-state index in [1.165, 1.54) is 24.8 Å². The maximum absolute atomic E-state index is 6.07. The van der Waals surface area contributed by atoms with E-state index in [1.807, 2.05) is 12.1 Å². The molecule has 2 N–H and O–H groups in total. The molecule has 0 spiro atoms. The molecule has 4 heteroatoms. The van der Waals surface area contributed by atoms with Crippen LogP contribution in [0.5, 0.6) is 0 Å². The summed E-state index contributed by atoms with van der Waals surface area (Å²) in [4.78, 5) is 2.51. The lowest BCUT2D eigenvalue weighted by molar-refractivity contribution is 0.162. The fourth-order valence-corrected chi connectivity index (χ4v) is 3.74. The van der Waals surface area contributed by atoms with Gasteiger partial charge in [0, 0.05) is 22.6 Å². The Hall–Kier alpha value is -0.280. The van der Waals surface area contributed by atoms with Gasteiger partial charge in [-0.1, -0.05) is 36.5 Å². The molecule has 1 saturated carbocycles. The third kappa shape index (κ3) is 3.85. The van der Waals surface area contributed by atoms with Crippen LogP contribution in [0, 0.1) is 5.92 Å². The van der Waals surface area contributed by atoms with Crippen molar-refractivity contribution in [1.82, 2.24) is 4.90 Å². The molecule has 1 aliphatic rings. The zero-order valence-electron chi connectivity index (χ0n) is 11.4. The molecule has 2 nitrogen and oxygen atoms in total. The van der Waals surface area contributed by atoms with Crippen molar-refractivity contribution >= 4 is 23.2 Å². The zero-order valence-corrected chi connectivity index (χ0v) is 12.9. The van der Waals surface area contributed by atoms with Crippen molar-refractivity contribution in [2.45, 2.75) is 38.8 Å². The summed E-state index contributed by atoms with van der Waals surface area (Å²) in [6.45, 7) is 4.93. The van der Waals surface area contributed by atoms with Crippen molar-refractivity contribution in [3.05, 3.63) is 33.8 Å². The van der Waals surface area contributed by atoms with Crippen molar-refractivity contribution in [1.29, 1.82) is 0 Å². The quantitative estimate of drug-likeness (QED) is 0.892. The van der Waals surface area contributed by atoms with Gasteiger partial charge in [0.05, 0.1) is 0 Å². The van der Waals surface area contributed by atoms with E-state index in [9.17, 15) is 0 Å². The molecule has 1 aliphatic carbocycles. The predicted octanol–water partition coefficient (Wildman–Crippen LogP) is 3.94. The molecule has 1 aromatic carbocycles. The Morgan fingerprint density at radius 3 is 2.47 bits per heavy atom. The third-order valence-electron chi connectivity index (χ3n) is 4.10. The second-order valence-electron chi connectivity index (χ2n) is 5.33. The van der Waals surface area contributed by atoms with Crippen LogP contribution in [0.3, 0.4) is 0 Å². The lowest BCUT2D eigenvalue weighted by atomic mass is 10.0. The first-order valence-corrected chi connectivity index (χ1v) is 7.78. The molecule has 0 bridgehead atoms. The van der Waals surface area contributed by atoms with Crippen LogP contribution in [0.15, 0.2) is 18.2 Å². The minimum absolute atomic E-state index is 0.604. The molecule has 106 valence electrons. The van der Waals surface area contributed by atoms with Crippen LogP contribution in [0.25, 0.3) is 0 Å². The first kappa shape index (κ1) is 15.1. The number of hydrogen-bond donors (Lipinski definition) is 1. The van der Waals surface area contributed by atoms with Gasteiger partial charge in [0.15, 0.2) is 0 Å². The summed E-state index contributed by atoms with van der Waals surface area (Å²) < 4.78 is 0. The largest absolute Gasteiger partial charge is 0.330 e. The van der Waals surface area contributed by atoms with E-state index in [1.54, 1.807) is 6.07 Å². The number of nitrogens with two attached hydrogens (primary N) is 1. The molecule has 0 heterocycles. The average Bonchev–Trinajstić information content (AvgIpc) is 2.82. The van der Waals surface area contributed by atoms with Crippen molar-refractivity contribution in [2.75, 3.05) is 13.1 Å². The summed E-state index contributed by atoms with van der Waals surface area (Å²) in [7, 11) is 0. The molecule has 0 amide bonds. The fraction of sp³-hybridized carbons (Fsp3) is 0.600. The molecule has 0 saturated heterocycles. The Morgan fingerprint density at radius 2 is 1.89 bits per heavy atom. The summed E-state index contributed by atoms with van der Waals surface area (Å²) in [6, 6.07) is 6.39. The number of rotatable bonds is 5. The molecular weight excluding hydrogens is 279 g/mol. The topological polar surface area (TPSA) is 29.3 Å². The van der Waals surface area contributed by atoms with Gasteiger partial charge in [-0.05, 0) is 55.6 Å². The molecule has 1 aromatic rings. The predicted molar refractivity (Wildman–Crippen MR) is 82.7 cm³/mol. The lowest BCUT2D eigenvalue weighted by Gasteiger charge is -2.32. The van der Waals surface area contributed by atoms with Crippen LogP contribution in [0.2, 0.25) is 10.0 Å². The maximum Gasteiger partial charge on any atom is 0.0424 e. The van der Waals surface area contributed by atoms with E-state index in [0.717, 1.165) is 19.6 Å². The highest BCUT2D eigenvalue weighted by atomic mass is 35.5. The Bertz CT molecular complexity index is 402. The van der Waals surface area contributed by atoms with Gasteiger partial charge in [-0.2, -0.15) is 0 Å². The number of nitrogens with zero attached hydrogens (tertiary/aromatic N) is 1. The normalized spacial score (nSPS) is 23.2. The Kier molecular flexibility index (Phi) is 5.52. The van der Waals surface area contributed by atoms with Crippen LogP contribution in [0.4, 0.5) is 0 Å². The zero-order chi connectivity index (χ0) is 13.8. The Morgan fingerprint density at radius 1 is 1.21 bits per heavy atom. The molecule has 1 fully saturated rings. The third-order valence-corrected chi connectivity index (χ3v) is 4.54. The van der Waals surface area contributed by atoms with E-state index < -0.39 is 0 Å². The van der Waals surface area contributed by atoms with Crippen LogP contribution >= 0.6 is 23.2 Å². The van der Waals surface area contributed by atoms with E-state index in [2.05, 4.69) is 11.8 Å². The average molecular weight is 301 g/mol. The van der Waals surface area contributed by atoms with Gasteiger partial charge in [-0.3, -0.25) is 4.90 Å². The van der Waals surface area contributed by atoms with Gasteiger partial charge in [0.1, 0.15) is 0 Å². The molecule has 2 atom stereocenters. The van der Waals surface area contributed by atoms with Gasteiger partial charge in [-0.25, -0.2) is 0 Å². The standard InChI is InChI=1S/C15H22Cl2N2/c1-2-19(15-5-3-4-12(15)9-18)10-11-6-13(16)8-14(17)7-11/h6-8,12,15H,2-5,9-10,18H2,1H3. The highest BCUT2D eigenvalue weighted by Gasteiger charge is 2.30. The molecular formula is C15H22Cl2N2. The van der Waals surface area contributed by atoms with Crippen molar-refractivity contribution in [3.8, 4) is 0 Å². The molecule has 0 aromatic heterocycles. The van der Waals surface area contributed by atoms with Crippen molar-refractivity contribution < 1.29 is 0 Å².